The number of hydrogen-bond donors (Lipinski definition) is 9. The molecule has 0 saturated carbocycles. The van der Waals surface area contributed by atoms with Crippen LogP contribution in [0.5, 0.6) is 0 Å². The quantitative estimate of drug-likeness (QED) is 0.0866. The molecule has 172 valence electrons. The van der Waals surface area contributed by atoms with E-state index in [0.717, 1.165) is 0 Å². The second-order valence-electron chi connectivity index (χ2n) is 6.45. The van der Waals surface area contributed by atoms with Gasteiger partial charge in [0.05, 0.1) is 19.1 Å². The van der Waals surface area contributed by atoms with Crippen molar-refractivity contribution < 1.29 is 34.2 Å². The molecule has 0 aromatic heterocycles. The number of primary amides is 1. The number of thiol groups is 1. The number of unbranched alkanes of at least 4 members (excludes halogenated alkanes) is 1. The van der Waals surface area contributed by atoms with Crippen LogP contribution in [0.1, 0.15) is 25.7 Å². The molecule has 0 radical (unpaired) electrons. The van der Waals surface area contributed by atoms with Crippen molar-refractivity contribution in [1.29, 1.82) is 0 Å². The van der Waals surface area contributed by atoms with Crippen LogP contribution in [0.15, 0.2) is 0 Å². The fraction of sp³-hybridized carbons (Fsp3) is 0.688. The molecule has 0 heterocycles. The van der Waals surface area contributed by atoms with Gasteiger partial charge in [-0.15, -0.1) is 0 Å². The lowest BCUT2D eigenvalue weighted by Gasteiger charge is -2.23. The highest BCUT2D eigenvalue weighted by molar-refractivity contribution is 7.80. The van der Waals surface area contributed by atoms with E-state index in [1.165, 1.54) is 0 Å². The van der Waals surface area contributed by atoms with E-state index in [9.17, 15) is 29.1 Å². The Bertz CT molecular complexity index is 621. The van der Waals surface area contributed by atoms with Crippen molar-refractivity contribution in [3.05, 3.63) is 0 Å². The Labute approximate surface area is 178 Å². The largest absolute Gasteiger partial charge is 0.480 e. The van der Waals surface area contributed by atoms with Gasteiger partial charge in [0.2, 0.25) is 23.6 Å². The number of aliphatic hydroxyl groups is 1. The molecule has 0 spiro atoms. The minimum absolute atomic E-state index is 0.231. The van der Waals surface area contributed by atoms with Crippen molar-refractivity contribution in [2.75, 3.05) is 18.9 Å². The van der Waals surface area contributed by atoms with Crippen LogP contribution in [0.2, 0.25) is 0 Å². The Balaban J connectivity index is 4.92. The van der Waals surface area contributed by atoms with Crippen LogP contribution in [0.4, 0.5) is 0 Å². The van der Waals surface area contributed by atoms with Gasteiger partial charge < -0.3 is 43.4 Å². The summed E-state index contributed by atoms with van der Waals surface area (Å²) in [7, 11) is 0. The van der Waals surface area contributed by atoms with Crippen LogP contribution in [-0.2, 0) is 24.0 Å². The summed E-state index contributed by atoms with van der Waals surface area (Å²) in [6.07, 6.45) is 0.975. The third-order valence-electron chi connectivity index (χ3n) is 3.96. The number of amides is 4. The Hall–Kier alpha value is -2.42. The smallest absolute Gasteiger partial charge is 0.326 e. The number of nitrogens with two attached hydrogens (primary N) is 3. The van der Waals surface area contributed by atoms with Crippen LogP contribution in [-0.4, -0.2) is 82.9 Å². The first-order valence-corrected chi connectivity index (χ1v) is 9.80. The Morgan fingerprint density at radius 2 is 1.43 bits per heavy atom. The number of carbonyl (C=O) groups is 5. The second kappa shape index (κ2) is 14.5. The monoisotopic (exact) mass is 450 g/mol. The molecule has 0 aliphatic rings. The molecule has 0 saturated heterocycles. The molecule has 0 bridgehead atoms. The van der Waals surface area contributed by atoms with E-state index in [-0.39, 0.29) is 5.75 Å². The Kier molecular flexibility index (Phi) is 13.4. The lowest BCUT2D eigenvalue weighted by Crippen LogP contribution is -2.58. The van der Waals surface area contributed by atoms with Crippen LogP contribution in [0.3, 0.4) is 0 Å². The maximum atomic E-state index is 12.3. The molecule has 0 rings (SSSR count). The first-order valence-electron chi connectivity index (χ1n) is 9.16. The molecule has 0 aliphatic carbocycles. The Morgan fingerprint density at radius 3 is 1.90 bits per heavy atom. The highest BCUT2D eigenvalue weighted by atomic mass is 32.1. The summed E-state index contributed by atoms with van der Waals surface area (Å²) < 4.78 is 0. The van der Waals surface area contributed by atoms with Gasteiger partial charge in [0.1, 0.15) is 18.1 Å². The van der Waals surface area contributed by atoms with E-state index in [0.29, 0.717) is 25.8 Å². The zero-order valence-corrected chi connectivity index (χ0v) is 17.3. The normalized spacial score (nSPS) is 14.7. The summed E-state index contributed by atoms with van der Waals surface area (Å²) in [5.74, 6) is -5.17. The van der Waals surface area contributed by atoms with E-state index in [1.807, 2.05) is 0 Å². The number of aliphatic carboxylic acids is 1. The van der Waals surface area contributed by atoms with Crippen LogP contribution in [0.25, 0.3) is 0 Å². The first-order chi connectivity index (χ1) is 14.1. The van der Waals surface area contributed by atoms with Gasteiger partial charge in [0.25, 0.3) is 0 Å². The average Bonchev–Trinajstić information content (AvgIpc) is 2.68. The van der Waals surface area contributed by atoms with Crippen molar-refractivity contribution in [2.24, 2.45) is 17.2 Å². The van der Waals surface area contributed by atoms with E-state index < -0.39 is 66.8 Å². The van der Waals surface area contributed by atoms with E-state index in [4.69, 9.17) is 22.3 Å². The summed E-state index contributed by atoms with van der Waals surface area (Å²) >= 11 is 3.93. The predicted molar refractivity (Wildman–Crippen MR) is 109 cm³/mol. The van der Waals surface area contributed by atoms with Crippen LogP contribution in [0, 0.1) is 0 Å². The summed E-state index contributed by atoms with van der Waals surface area (Å²) in [5, 5.41) is 25.0. The first kappa shape index (κ1) is 27.6. The van der Waals surface area contributed by atoms with Gasteiger partial charge in [0, 0.05) is 5.75 Å². The topological polar surface area (TPSA) is 240 Å². The number of carboxylic acid groups (broad SMARTS) is 1. The molecule has 4 unspecified atom stereocenters. The standard InChI is InChI=1S/C16H30N6O7S/c17-4-2-1-3-8(18)13(25)21-10(6-23)14(26)22-11(7-30)15(27)20-9(16(28)29)5-12(19)24/h8-11,23,30H,1-7,17-18H2,(H2,19,24)(H,20,27)(H,21,25)(H,22,26)(H,28,29). The maximum Gasteiger partial charge on any atom is 0.326 e. The number of carbonyl (C=O) groups excluding carboxylic acids is 4. The fourth-order valence-electron chi connectivity index (χ4n) is 2.25. The van der Waals surface area contributed by atoms with Gasteiger partial charge >= 0.3 is 5.97 Å². The van der Waals surface area contributed by atoms with E-state index in [1.54, 1.807) is 0 Å². The number of carboxylic acids is 1. The fourth-order valence-corrected chi connectivity index (χ4v) is 2.51. The van der Waals surface area contributed by atoms with E-state index in [2.05, 4.69) is 28.6 Å². The van der Waals surface area contributed by atoms with Crippen LogP contribution >= 0.6 is 12.6 Å². The Morgan fingerprint density at radius 1 is 0.900 bits per heavy atom. The van der Waals surface area contributed by atoms with Crippen molar-refractivity contribution >= 4 is 42.2 Å². The molecule has 14 heteroatoms. The number of aliphatic hydroxyl groups excluding tert-OH is 1. The highest BCUT2D eigenvalue weighted by Gasteiger charge is 2.30. The molecule has 0 aromatic carbocycles. The van der Waals surface area contributed by atoms with Crippen molar-refractivity contribution in [3.8, 4) is 0 Å². The molecule has 4 amide bonds. The van der Waals surface area contributed by atoms with Gasteiger partial charge in [0.15, 0.2) is 0 Å². The predicted octanol–water partition coefficient (Wildman–Crippen LogP) is -4.22. The van der Waals surface area contributed by atoms with Crippen LogP contribution < -0.4 is 33.2 Å². The number of rotatable bonds is 15. The van der Waals surface area contributed by atoms with Gasteiger partial charge in [-0.1, -0.05) is 6.42 Å². The zero-order chi connectivity index (χ0) is 23.3. The molecule has 0 aromatic rings. The van der Waals surface area contributed by atoms with Crippen molar-refractivity contribution in [1.82, 2.24) is 16.0 Å². The van der Waals surface area contributed by atoms with Crippen molar-refractivity contribution in [2.45, 2.75) is 49.9 Å². The minimum Gasteiger partial charge on any atom is -0.480 e. The van der Waals surface area contributed by atoms with Gasteiger partial charge in [-0.05, 0) is 19.4 Å². The molecule has 0 fully saturated rings. The average molecular weight is 451 g/mol. The summed E-state index contributed by atoms with van der Waals surface area (Å²) in [6, 6.07) is -5.20. The molecular formula is C16H30N6O7S. The molecule has 30 heavy (non-hydrogen) atoms. The molecule has 0 aliphatic heterocycles. The molecule has 13 nitrogen and oxygen atoms in total. The highest BCUT2D eigenvalue weighted by Crippen LogP contribution is 2.00. The third kappa shape index (κ3) is 10.4. The summed E-state index contributed by atoms with van der Waals surface area (Å²) in [5.41, 5.74) is 16.0. The number of nitrogens with one attached hydrogen (secondary N) is 3. The number of hydrogen-bond acceptors (Lipinski definition) is 9. The van der Waals surface area contributed by atoms with E-state index >= 15 is 0 Å². The molecule has 11 N–H and O–H groups in total. The minimum atomic E-state index is -1.59. The zero-order valence-electron chi connectivity index (χ0n) is 16.4. The van der Waals surface area contributed by atoms with Gasteiger partial charge in [-0.25, -0.2) is 4.79 Å². The second-order valence-corrected chi connectivity index (χ2v) is 6.81. The van der Waals surface area contributed by atoms with Gasteiger partial charge in [-0.2, -0.15) is 12.6 Å². The molecule has 4 atom stereocenters. The third-order valence-corrected chi connectivity index (χ3v) is 4.32. The SMILES string of the molecule is NCCCCC(N)C(=O)NC(CO)C(=O)NC(CS)C(=O)NC(CC(N)=O)C(=O)O. The lowest BCUT2D eigenvalue weighted by molar-refractivity contribution is -0.143. The maximum absolute atomic E-state index is 12.3. The van der Waals surface area contributed by atoms with Crippen molar-refractivity contribution in [3.63, 3.8) is 0 Å². The summed E-state index contributed by atoms with van der Waals surface area (Å²) in [6.45, 7) is -0.321. The lowest BCUT2D eigenvalue weighted by atomic mass is 10.1. The molecular weight excluding hydrogens is 420 g/mol. The summed E-state index contributed by atoms with van der Waals surface area (Å²) in [4.78, 5) is 58.6. The van der Waals surface area contributed by atoms with Gasteiger partial charge in [-0.3, -0.25) is 19.2 Å².